The molecule has 3 saturated heterocycles. The summed E-state index contributed by atoms with van der Waals surface area (Å²) in [6, 6.07) is 35.9. The highest BCUT2D eigenvalue weighted by molar-refractivity contribution is 6.87. The van der Waals surface area contributed by atoms with Crippen molar-refractivity contribution in [3.8, 4) is 17.2 Å². The number of ether oxygens (including phenoxy) is 3. The summed E-state index contributed by atoms with van der Waals surface area (Å²) in [5.74, 6) is 2.47. The number of hydrogen-bond donors (Lipinski definition) is 0. The second-order valence-corrected chi connectivity index (χ2v) is 51.4. The van der Waals surface area contributed by atoms with Crippen LogP contribution in [0, 0.1) is 0 Å². The van der Waals surface area contributed by atoms with Gasteiger partial charge >= 0.3 is 109 Å². The second-order valence-electron chi connectivity index (χ2n) is 22.7. The quantitative estimate of drug-likeness (QED) is 0.0612. The van der Waals surface area contributed by atoms with Gasteiger partial charge in [0.25, 0.3) is 0 Å². The molecule has 0 saturated carbocycles. The fraction of sp³-hybridized carbons (Fsp3) is 0.547. The van der Waals surface area contributed by atoms with Gasteiger partial charge in [0.1, 0.15) is 23.0 Å². The van der Waals surface area contributed by atoms with Crippen LogP contribution in [-0.2, 0) is 66.3 Å². The second kappa shape index (κ2) is 28.3. The van der Waals surface area contributed by atoms with Gasteiger partial charge in [0, 0.05) is 22.4 Å². The molecule has 0 bridgehead atoms. The van der Waals surface area contributed by atoms with Crippen LogP contribution in [0.1, 0.15) is 88.6 Å². The smallest absolute Gasteiger partial charge is 0.362 e. The standard InChI is InChI=1S/C53H86O15Si12/c1-19-51(80(18)66-74(12)59-70(8)60-75(13)67-80)56-50-35-29-47(30-36-50)53(5,6)46-27-33-49(34-28-46)55-39-37-42(2)79(17)65-76(14)61-73(11)64-78(16,68-79)41-43-21-23-44(24-22-43)52(3,4)45-25-31-48(32-26-45)54-38-20-40-77(15)62-71(9)57-69(7)58-72(10)63-77/h21-36,42,51H,19-20,37-41H2,1-18H3. The van der Waals surface area contributed by atoms with Crippen LogP contribution in [0.5, 0.6) is 17.2 Å². The lowest BCUT2D eigenvalue weighted by Crippen LogP contribution is -2.61. The van der Waals surface area contributed by atoms with Crippen molar-refractivity contribution in [3.63, 3.8) is 0 Å². The minimum absolute atomic E-state index is 0.116. The van der Waals surface area contributed by atoms with Crippen LogP contribution in [0.2, 0.25) is 90.1 Å². The van der Waals surface area contributed by atoms with E-state index in [1.54, 1.807) is 0 Å². The Bertz CT molecular complexity index is 2530. The Balaban J connectivity index is 0.909. The Morgan fingerprint density at radius 2 is 0.812 bits per heavy atom. The summed E-state index contributed by atoms with van der Waals surface area (Å²) in [6.07, 6.45) is 2.36. The first-order chi connectivity index (χ1) is 37.6. The fourth-order valence-corrected chi connectivity index (χ4v) is 50.2. The predicted octanol–water partition coefficient (Wildman–Crippen LogP) is 12.2. The maximum Gasteiger partial charge on any atom is 0.362 e. The van der Waals surface area contributed by atoms with Crippen LogP contribution in [0.25, 0.3) is 0 Å². The largest absolute Gasteiger partial charge is 0.494 e. The molecule has 3 aliphatic rings. The minimum Gasteiger partial charge on any atom is -0.494 e. The Morgan fingerprint density at radius 3 is 1.25 bits per heavy atom. The molecule has 4 unspecified atom stereocenters. The van der Waals surface area contributed by atoms with E-state index in [0.717, 1.165) is 42.6 Å². The first-order valence-corrected chi connectivity index (χ1v) is 52.2. The number of hydrogen-bond acceptors (Lipinski definition) is 15. The third-order valence-corrected chi connectivity index (χ3v) is 52.8. The van der Waals surface area contributed by atoms with Gasteiger partial charge in [0.05, 0.1) is 13.2 Å². The van der Waals surface area contributed by atoms with Gasteiger partial charge in [-0.25, -0.2) is 0 Å². The van der Waals surface area contributed by atoms with Gasteiger partial charge in [0.15, 0.2) is 0 Å². The van der Waals surface area contributed by atoms with Crippen LogP contribution in [0.15, 0.2) is 97.1 Å². The normalized spacial score (nSPS) is 24.2. The van der Waals surface area contributed by atoms with Crippen LogP contribution in [0.4, 0.5) is 0 Å². The molecular weight excluding hydrogens is 1210 g/mol. The third-order valence-electron chi connectivity index (χ3n) is 14.9. The Morgan fingerprint density at radius 1 is 0.450 bits per heavy atom. The first-order valence-electron chi connectivity index (χ1n) is 27.8. The summed E-state index contributed by atoms with van der Waals surface area (Å²) in [7, 11) is -22.6. The van der Waals surface area contributed by atoms with Crippen molar-refractivity contribution in [3.05, 3.63) is 125 Å². The van der Waals surface area contributed by atoms with E-state index < -0.39 is 109 Å². The van der Waals surface area contributed by atoms with Crippen molar-refractivity contribution in [2.24, 2.45) is 0 Å². The van der Waals surface area contributed by atoms with Gasteiger partial charge in [-0.05, 0) is 168 Å². The van der Waals surface area contributed by atoms with E-state index in [1.807, 2.05) is 39.3 Å². The predicted molar refractivity (Wildman–Crippen MR) is 335 cm³/mol. The summed E-state index contributed by atoms with van der Waals surface area (Å²) in [5.41, 5.74) is 5.39. The molecule has 0 amide bonds. The summed E-state index contributed by atoms with van der Waals surface area (Å²) in [5, 5.41) is 0. The van der Waals surface area contributed by atoms with Gasteiger partial charge in [-0.1, -0.05) is 102 Å². The number of rotatable bonds is 20. The lowest BCUT2D eigenvalue weighted by molar-refractivity contribution is 0.185. The summed E-state index contributed by atoms with van der Waals surface area (Å²) >= 11 is 0. The van der Waals surface area contributed by atoms with Gasteiger partial charge in [0.2, 0.25) is 0 Å². The van der Waals surface area contributed by atoms with Gasteiger partial charge in [-0.15, -0.1) is 0 Å². The van der Waals surface area contributed by atoms with Gasteiger partial charge < -0.3 is 63.6 Å². The average Bonchev–Trinajstić information content (AvgIpc) is 3.36. The highest BCUT2D eigenvalue weighted by Crippen LogP contribution is 2.38. The Hall–Kier alpha value is -1.60. The zero-order chi connectivity index (χ0) is 58.3. The van der Waals surface area contributed by atoms with Crippen LogP contribution in [-0.4, -0.2) is 127 Å². The maximum atomic E-state index is 7.32. The third kappa shape index (κ3) is 18.0. The maximum absolute atomic E-state index is 7.32. The monoisotopic (exact) mass is 1300 g/mol. The van der Waals surface area contributed by atoms with E-state index in [9.17, 15) is 0 Å². The van der Waals surface area contributed by atoms with Gasteiger partial charge in [-0.3, -0.25) is 0 Å². The summed E-state index contributed by atoms with van der Waals surface area (Å²) < 4.78 is 96.9. The van der Waals surface area contributed by atoms with Gasteiger partial charge in [-0.2, -0.15) is 0 Å². The molecule has 8 radical (unpaired) electrons. The molecule has 4 atom stereocenters. The number of benzene rings is 4. The molecule has 7 rings (SSSR count). The molecule has 3 fully saturated rings. The van der Waals surface area contributed by atoms with Crippen molar-refractivity contribution in [1.29, 1.82) is 0 Å². The highest BCUT2D eigenvalue weighted by atomic mass is 28.5. The molecule has 3 heterocycles. The van der Waals surface area contributed by atoms with E-state index >= 15 is 0 Å². The molecule has 436 valence electrons. The molecule has 0 N–H and O–H groups in total. The molecule has 27 heteroatoms. The molecular formula is C53H86O15Si12. The lowest BCUT2D eigenvalue weighted by Gasteiger charge is -2.44. The van der Waals surface area contributed by atoms with Crippen molar-refractivity contribution in [2.45, 2.75) is 174 Å². The van der Waals surface area contributed by atoms with Crippen molar-refractivity contribution in [1.82, 2.24) is 0 Å². The molecule has 15 nitrogen and oxygen atoms in total. The van der Waals surface area contributed by atoms with E-state index in [0.29, 0.717) is 19.3 Å². The zero-order valence-corrected chi connectivity index (χ0v) is 62.5. The molecule has 0 spiro atoms. The first kappa shape index (κ1) is 65.9. The van der Waals surface area contributed by atoms with Crippen molar-refractivity contribution in [2.75, 3.05) is 13.2 Å². The minimum atomic E-state index is -2.84. The van der Waals surface area contributed by atoms with E-state index in [-0.39, 0.29) is 22.1 Å². The van der Waals surface area contributed by atoms with E-state index in [1.165, 1.54) is 27.8 Å². The highest BCUT2D eigenvalue weighted by Gasteiger charge is 2.52. The van der Waals surface area contributed by atoms with Crippen molar-refractivity contribution >= 4 is 109 Å². The molecule has 3 aliphatic heterocycles. The molecule has 0 aliphatic carbocycles. The van der Waals surface area contributed by atoms with Crippen LogP contribution in [0.3, 0.4) is 0 Å². The lowest BCUT2D eigenvalue weighted by atomic mass is 9.78. The average molecular weight is 1300 g/mol. The van der Waals surface area contributed by atoms with E-state index in [2.05, 4.69) is 178 Å². The molecule has 0 aromatic heterocycles. The van der Waals surface area contributed by atoms with Crippen LogP contribution >= 0.6 is 0 Å². The van der Waals surface area contributed by atoms with Crippen LogP contribution < -0.4 is 14.2 Å². The Labute approximate surface area is 497 Å². The van der Waals surface area contributed by atoms with E-state index in [4.69, 9.17) is 63.6 Å². The zero-order valence-electron chi connectivity index (χ0n) is 50.5. The Kier molecular flexibility index (Phi) is 23.3. The molecule has 4 aromatic rings. The summed E-state index contributed by atoms with van der Waals surface area (Å²) in [4.78, 5) is 0. The molecule has 4 aromatic carbocycles. The fourth-order valence-electron chi connectivity index (χ4n) is 10.5. The molecule has 80 heavy (non-hydrogen) atoms. The SMILES string of the molecule is CCC(Oc1ccc(C(C)(C)c2ccc(OCCC(C)[Si]3(C)O[Si](C)O[Si](C)O[Si](C)(Cc4ccc(C(C)(C)c5ccc(OCCC[Si]6(C)O[Si](C)O[Si](C)O[Si](C)O6)cc5)cc4)O3)cc2)cc1)[Si]1(C)O[Si](C)O[Si](C)O[Si](C)O1. The summed E-state index contributed by atoms with van der Waals surface area (Å²) in [6.45, 7) is 39.3. The van der Waals surface area contributed by atoms with Crippen molar-refractivity contribution < 1.29 is 63.6 Å². The topological polar surface area (TPSA) is 138 Å².